The number of anilines is 1. The maximum absolute atomic E-state index is 12.9. The van der Waals surface area contributed by atoms with Gasteiger partial charge in [-0.3, -0.25) is 4.79 Å². The number of nitrogens with zero attached hydrogens (tertiary/aromatic N) is 2. The molecule has 0 spiro atoms. The summed E-state index contributed by atoms with van der Waals surface area (Å²) in [6, 6.07) is 15.4. The number of nitrogens with one attached hydrogen (secondary N) is 2. The van der Waals surface area contributed by atoms with Crippen LogP contribution in [0.4, 0.5) is 10.1 Å². The first kappa shape index (κ1) is 19.6. The molecule has 1 aromatic heterocycles. The molecule has 0 saturated carbocycles. The molecule has 0 aliphatic rings. The highest BCUT2D eigenvalue weighted by Crippen LogP contribution is 2.21. The normalized spacial score (nSPS) is 11.0. The van der Waals surface area contributed by atoms with Crippen molar-refractivity contribution >= 4 is 29.4 Å². The summed E-state index contributed by atoms with van der Waals surface area (Å²) in [6.07, 6.45) is 1.62. The Labute approximate surface area is 167 Å². The molecule has 0 radical (unpaired) electrons. The summed E-state index contributed by atoms with van der Waals surface area (Å²) in [5.41, 5.74) is 7.10. The summed E-state index contributed by atoms with van der Waals surface area (Å²) in [6.45, 7) is 4.03. The number of carbonyl (C=O) groups is 1. The zero-order valence-corrected chi connectivity index (χ0v) is 16.3. The van der Waals surface area contributed by atoms with Crippen molar-refractivity contribution in [3.63, 3.8) is 0 Å². The van der Waals surface area contributed by atoms with E-state index in [1.165, 1.54) is 12.1 Å². The van der Waals surface area contributed by atoms with Gasteiger partial charge in [0.05, 0.1) is 12.8 Å². The average Bonchev–Trinajstić information content (AvgIpc) is 2.96. The van der Waals surface area contributed by atoms with Crippen molar-refractivity contribution in [1.29, 1.82) is 0 Å². The summed E-state index contributed by atoms with van der Waals surface area (Å²) < 4.78 is 15.0. The second kappa shape index (κ2) is 8.71. The number of hydrogen-bond acceptors (Lipinski definition) is 3. The molecule has 2 N–H and O–H groups in total. The molecule has 1 amide bonds. The third-order valence-electron chi connectivity index (χ3n) is 4.25. The van der Waals surface area contributed by atoms with Crippen molar-refractivity contribution in [1.82, 2.24) is 9.99 Å². The number of carbonyl (C=O) groups excluding carboxylic acids is 1. The standard InChI is InChI=1S/C21H20ClFN4O/c1-14-11-16(15(2)27(14)20-9-3-17(22)4-10-20)12-25-26-21(28)13-24-19-7-5-18(23)6-8-19/h3-12,24H,13H2,1-2H3,(H,26,28)/b25-12-. The van der Waals surface area contributed by atoms with E-state index in [1.807, 2.05) is 44.2 Å². The van der Waals surface area contributed by atoms with Crippen LogP contribution in [0.2, 0.25) is 5.02 Å². The van der Waals surface area contributed by atoms with Gasteiger partial charge in [-0.1, -0.05) is 11.6 Å². The molecule has 0 bridgehead atoms. The fraction of sp³-hybridized carbons (Fsp3) is 0.143. The highest BCUT2D eigenvalue weighted by molar-refractivity contribution is 6.30. The lowest BCUT2D eigenvalue weighted by molar-refractivity contribution is -0.119. The molecule has 0 aliphatic heterocycles. The van der Waals surface area contributed by atoms with Gasteiger partial charge in [0.2, 0.25) is 0 Å². The van der Waals surface area contributed by atoms with Crippen LogP contribution >= 0.6 is 11.6 Å². The van der Waals surface area contributed by atoms with Gasteiger partial charge >= 0.3 is 0 Å². The number of aryl methyl sites for hydroxylation is 1. The Morgan fingerprint density at radius 1 is 1.14 bits per heavy atom. The Balaban J connectivity index is 1.61. The summed E-state index contributed by atoms with van der Waals surface area (Å²) in [4.78, 5) is 11.9. The van der Waals surface area contributed by atoms with Gasteiger partial charge in [-0.15, -0.1) is 0 Å². The van der Waals surface area contributed by atoms with Gasteiger partial charge in [0.25, 0.3) is 5.91 Å². The summed E-state index contributed by atoms with van der Waals surface area (Å²) in [5, 5.41) is 7.62. The monoisotopic (exact) mass is 398 g/mol. The minimum Gasteiger partial charge on any atom is -0.376 e. The number of benzene rings is 2. The Morgan fingerprint density at radius 3 is 2.50 bits per heavy atom. The van der Waals surface area contributed by atoms with E-state index in [0.29, 0.717) is 10.7 Å². The number of amides is 1. The highest BCUT2D eigenvalue weighted by Gasteiger charge is 2.09. The molecule has 0 fully saturated rings. The third kappa shape index (κ3) is 4.78. The molecular weight excluding hydrogens is 379 g/mol. The van der Waals surface area contributed by atoms with Gasteiger partial charge in [0.1, 0.15) is 5.82 Å². The minimum absolute atomic E-state index is 0.0345. The number of hydrogen-bond donors (Lipinski definition) is 2. The van der Waals surface area contributed by atoms with Crippen LogP contribution < -0.4 is 10.7 Å². The molecule has 2 aromatic carbocycles. The first-order chi connectivity index (χ1) is 13.4. The van der Waals surface area contributed by atoms with Crippen molar-refractivity contribution in [2.75, 3.05) is 11.9 Å². The Hall–Kier alpha value is -3.12. The van der Waals surface area contributed by atoms with Crippen LogP contribution in [0, 0.1) is 19.7 Å². The van der Waals surface area contributed by atoms with E-state index in [1.54, 1.807) is 18.3 Å². The van der Waals surface area contributed by atoms with E-state index < -0.39 is 0 Å². The van der Waals surface area contributed by atoms with Crippen molar-refractivity contribution in [3.05, 3.63) is 82.4 Å². The Morgan fingerprint density at radius 2 is 1.82 bits per heavy atom. The zero-order chi connectivity index (χ0) is 20.1. The maximum Gasteiger partial charge on any atom is 0.259 e. The van der Waals surface area contributed by atoms with E-state index in [9.17, 15) is 9.18 Å². The summed E-state index contributed by atoms with van der Waals surface area (Å²) in [7, 11) is 0. The predicted molar refractivity (Wildman–Crippen MR) is 111 cm³/mol. The molecule has 3 aromatic rings. The van der Waals surface area contributed by atoms with Crippen molar-refractivity contribution < 1.29 is 9.18 Å². The van der Waals surface area contributed by atoms with Crippen LogP contribution in [0.1, 0.15) is 17.0 Å². The average molecular weight is 399 g/mol. The van der Waals surface area contributed by atoms with E-state index in [0.717, 1.165) is 22.6 Å². The van der Waals surface area contributed by atoms with Crippen LogP contribution in [0.3, 0.4) is 0 Å². The molecule has 0 saturated heterocycles. The van der Waals surface area contributed by atoms with Crippen LogP contribution in [-0.4, -0.2) is 23.2 Å². The van der Waals surface area contributed by atoms with Gasteiger partial charge in [0, 0.05) is 33.3 Å². The van der Waals surface area contributed by atoms with E-state index in [2.05, 4.69) is 20.4 Å². The molecular formula is C21H20ClFN4O. The first-order valence-electron chi connectivity index (χ1n) is 8.70. The van der Waals surface area contributed by atoms with Gasteiger partial charge in [-0.05, 0) is 68.4 Å². The van der Waals surface area contributed by atoms with E-state index >= 15 is 0 Å². The summed E-state index contributed by atoms with van der Waals surface area (Å²) in [5.74, 6) is -0.622. The van der Waals surface area contributed by atoms with Gasteiger partial charge < -0.3 is 9.88 Å². The van der Waals surface area contributed by atoms with E-state index in [-0.39, 0.29) is 18.3 Å². The second-order valence-corrected chi connectivity index (χ2v) is 6.73. The fourth-order valence-electron chi connectivity index (χ4n) is 2.87. The summed E-state index contributed by atoms with van der Waals surface area (Å²) >= 11 is 5.96. The number of hydrazone groups is 1. The van der Waals surface area contributed by atoms with Crippen LogP contribution in [-0.2, 0) is 4.79 Å². The van der Waals surface area contributed by atoms with E-state index in [4.69, 9.17) is 11.6 Å². The van der Waals surface area contributed by atoms with Gasteiger partial charge in [-0.2, -0.15) is 5.10 Å². The second-order valence-electron chi connectivity index (χ2n) is 6.29. The lowest BCUT2D eigenvalue weighted by Gasteiger charge is -2.09. The highest BCUT2D eigenvalue weighted by atomic mass is 35.5. The molecule has 0 atom stereocenters. The largest absolute Gasteiger partial charge is 0.376 e. The molecule has 1 heterocycles. The van der Waals surface area contributed by atoms with Crippen molar-refractivity contribution in [2.45, 2.75) is 13.8 Å². The van der Waals surface area contributed by atoms with Gasteiger partial charge in [-0.25, -0.2) is 9.82 Å². The minimum atomic E-state index is -0.323. The molecule has 3 rings (SSSR count). The third-order valence-corrected chi connectivity index (χ3v) is 4.50. The topological polar surface area (TPSA) is 58.4 Å². The molecule has 28 heavy (non-hydrogen) atoms. The molecule has 144 valence electrons. The van der Waals surface area contributed by atoms with Gasteiger partial charge in [0.15, 0.2) is 0 Å². The number of rotatable bonds is 6. The molecule has 5 nitrogen and oxygen atoms in total. The lowest BCUT2D eigenvalue weighted by Crippen LogP contribution is -2.25. The lowest BCUT2D eigenvalue weighted by atomic mass is 10.2. The smallest absolute Gasteiger partial charge is 0.259 e. The van der Waals surface area contributed by atoms with Crippen molar-refractivity contribution in [2.24, 2.45) is 5.10 Å². The molecule has 0 unspecified atom stereocenters. The number of aromatic nitrogens is 1. The molecule has 7 heteroatoms. The quantitative estimate of drug-likeness (QED) is 0.476. The van der Waals surface area contributed by atoms with Crippen LogP contribution in [0.5, 0.6) is 0 Å². The van der Waals surface area contributed by atoms with Crippen molar-refractivity contribution in [3.8, 4) is 5.69 Å². The number of halogens is 2. The maximum atomic E-state index is 12.9. The first-order valence-corrected chi connectivity index (χ1v) is 9.08. The SMILES string of the molecule is Cc1cc(/C=N\NC(=O)CNc2ccc(F)cc2)c(C)n1-c1ccc(Cl)cc1. The zero-order valence-electron chi connectivity index (χ0n) is 15.5. The molecule has 0 aliphatic carbocycles. The van der Waals surface area contributed by atoms with Crippen LogP contribution in [0.15, 0.2) is 59.7 Å². The fourth-order valence-corrected chi connectivity index (χ4v) is 3.00. The Bertz CT molecular complexity index is 994. The van der Waals surface area contributed by atoms with Crippen LogP contribution in [0.25, 0.3) is 5.69 Å². The predicted octanol–water partition coefficient (Wildman–Crippen LogP) is 4.45. The Kier molecular flexibility index (Phi) is 6.11.